The van der Waals surface area contributed by atoms with Gasteiger partial charge in [-0.05, 0) is 76.9 Å². The van der Waals surface area contributed by atoms with E-state index >= 15 is 0 Å². The molecule has 0 radical (unpaired) electrons. The molecule has 2 unspecified atom stereocenters. The van der Waals surface area contributed by atoms with E-state index in [1.54, 1.807) is 0 Å². The quantitative estimate of drug-likeness (QED) is 0.728. The Balaban J connectivity index is 1.34. The van der Waals surface area contributed by atoms with E-state index in [1.807, 2.05) is 0 Å². The van der Waals surface area contributed by atoms with E-state index in [1.165, 1.54) is 83.8 Å². The third-order valence-electron chi connectivity index (χ3n) is 5.24. The fraction of sp³-hybridized carbons (Fsp3) is 1.00. The predicted molar refractivity (Wildman–Crippen MR) is 76.8 cm³/mol. The van der Waals surface area contributed by atoms with Crippen LogP contribution in [0, 0.1) is 5.92 Å². The van der Waals surface area contributed by atoms with Gasteiger partial charge in [0.05, 0.1) is 0 Å². The second-order valence-corrected chi connectivity index (χ2v) is 6.73. The molecule has 3 aliphatic rings. The van der Waals surface area contributed by atoms with E-state index in [9.17, 15) is 0 Å². The minimum atomic E-state index is 0.891. The van der Waals surface area contributed by atoms with Crippen molar-refractivity contribution in [3.8, 4) is 0 Å². The van der Waals surface area contributed by atoms with Gasteiger partial charge < -0.3 is 10.2 Å². The Morgan fingerprint density at radius 1 is 0.889 bits per heavy atom. The van der Waals surface area contributed by atoms with Crippen molar-refractivity contribution in [3.05, 3.63) is 0 Å². The molecule has 1 heterocycles. The Kier molecular flexibility index (Phi) is 4.58. The summed E-state index contributed by atoms with van der Waals surface area (Å²) in [5.74, 6) is 1.05. The number of hydrogen-bond donors (Lipinski definition) is 1. The van der Waals surface area contributed by atoms with Crippen LogP contribution in [0.4, 0.5) is 0 Å². The molecule has 18 heavy (non-hydrogen) atoms. The van der Waals surface area contributed by atoms with Crippen molar-refractivity contribution in [2.24, 2.45) is 5.92 Å². The number of piperidine rings is 1. The minimum Gasteiger partial charge on any atom is -0.314 e. The normalized spacial score (nSPS) is 33.3. The van der Waals surface area contributed by atoms with Crippen molar-refractivity contribution in [1.82, 2.24) is 10.2 Å². The lowest BCUT2D eigenvalue weighted by molar-refractivity contribution is 0.0597. The van der Waals surface area contributed by atoms with Gasteiger partial charge in [-0.25, -0.2) is 0 Å². The molecule has 3 fully saturated rings. The molecular weight excluding hydrogens is 220 g/mol. The Bertz CT molecular complexity index is 247. The molecule has 0 spiro atoms. The molecule has 2 saturated carbocycles. The highest BCUT2D eigenvalue weighted by Gasteiger charge is 2.32. The average Bonchev–Trinajstić information content (AvgIpc) is 3.23. The summed E-state index contributed by atoms with van der Waals surface area (Å²) in [7, 11) is 0. The molecule has 1 saturated heterocycles. The molecule has 3 rings (SSSR count). The number of fused-ring (bicyclic) bond motifs is 1. The fourth-order valence-corrected chi connectivity index (χ4v) is 4.04. The highest BCUT2D eigenvalue weighted by molar-refractivity contribution is 4.87. The third-order valence-corrected chi connectivity index (χ3v) is 5.24. The average molecular weight is 250 g/mol. The Morgan fingerprint density at radius 2 is 1.72 bits per heavy atom. The summed E-state index contributed by atoms with van der Waals surface area (Å²) >= 11 is 0. The van der Waals surface area contributed by atoms with Gasteiger partial charge in [0.1, 0.15) is 0 Å². The summed E-state index contributed by atoms with van der Waals surface area (Å²) in [6.45, 7) is 4.01. The van der Waals surface area contributed by atoms with Crippen molar-refractivity contribution in [2.45, 2.75) is 76.3 Å². The monoisotopic (exact) mass is 250 g/mol. The summed E-state index contributed by atoms with van der Waals surface area (Å²) in [6.07, 6.45) is 14.6. The zero-order chi connectivity index (χ0) is 12.2. The van der Waals surface area contributed by atoms with Crippen LogP contribution >= 0.6 is 0 Å². The molecule has 0 bridgehead atoms. The Labute approximate surface area is 113 Å². The molecule has 2 heteroatoms. The Morgan fingerprint density at radius 3 is 2.61 bits per heavy atom. The minimum absolute atomic E-state index is 0.891. The summed E-state index contributed by atoms with van der Waals surface area (Å²) in [6, 6.07) is 1.85. The number of hydrogen-bond acceptors (Lipinski definition) is 2. The van der Waals surface area contributed by atoms with E-state index in [-0.39, 0.29) is 0 Å². The standard InChI is InChI=1S/C16H30N2/c1-2-8-16-14(6-1)7-5-13-18(16)12-4-3-11-17-15-9-10-15/h14-17H,1-13H2. The summed E-state index contributed by atoms with van der Waals surface area (Å²) < 4.78 is 0. The van der Waals surface area contributed by atoms with E-state index < -0.39 is 0 Å². The second kappa shape index (κ2) is 6.38. The lowest BCUT2D eigenvalue weighted by Crippen LogP contribution is -2.47. The largest absolute Gasteiger partial charge is 0.314 e. The number of nitrogens with one attached hydrogen (secondary N) is 1. The van der Waals surface area contributed by atoms with Gasteiger partial charge in [-0.2, -0.15) is 0 Å². The number of nitrogens with zero attached hydrogens (tertiary/aromatic N) is 1. The zero-order valence-corrected chi connectivity index (χ0v) is 11.9. The molecule has 0 amide bonds. The molecule has 104 valence electrons. The summed E-state index contributed by atoms with van der Waals surface area (Å²) in [5, 5.41) is 3.63. The number of unbranched alkanes of at least 4 members (excludes halogenated alkanes) is 1. The van der Waals surface area contributed by atoms with Crippen molar-refractivity contribution in [2.75, 3.05) is 19.6 Å². The summed E-state index contributed by atoms with van der Waals surface area (Å²) in [4.78, 5) is 2.84. The van der Waals surface area contributed by atoms with Crippen LogP contribution < -0.4 is 5.32 Å². The van der Waals surface area contributed by atoms with Crippen LogP contribution in [0.25, 0.3) is 0 Å². The molecule has 0 aromatic heterocycles. The van der Waals surface area contributed by atoms with Gasteiger partial charge in [-0.1, -0.05) is 12.8 Å². The van der Waals surface area contributed by atoms with E-state index in [4.69, 9.17) is 0 Å². The van der Waals surface area contributed by atoms with Crippen LogP contribution in [0.5, 0.6) is 0 Å². The van der Waals surface area contributed by atoms with Gasteiger partial charge in [-0.3, -0.25) is 0 Å². The summed E-state index contributed by atoms with van der Waals surface area (Å²) in [5.41, 5.74) is 0. The molecule has 1 N–H and O–H groups in total. The molecule has 0 aromatic carbocycles. The number of rotatable bonds is 6. The van der Waals surface area contributed by atoms with Crippen LogP contribution in [0.15, 0.2) is 0 Å². The molecule has 2 atom stereocenters. The van der Waals surface area contributed by atoms with Gasteiger partial charge in [-0.15, -0.1) is 0 Å². The second-order valence-electron chi connectivity index (χ2n) is 6.73. The first-order chi connectivity index (χ1) is 8.93. The van der Waals surface area contributed by atoms with Crippen molar-refractivity contribution in [1.29, 1.82) is 0 Å². The van der Waals surface area contributed by atoms with Crippen molar-refractivity contribution in [3.63, 3.8) is 0 Å². The molecule has 1 aliphatic heterocycles. The Hall–Kier alpha value is -0.0800. The van der Waals surface area contributed by atoms with Crippen LogP contribution in [-0.4, -0.2) is 36.6 Å². The maximum Gasteiger partial charge on any atom is 0.0123 e. The van der Waals surface area contributed by atoms with E-state index in [2.05, 4.69) is 10.2 Å². The lowest BCUT2D eigenvalue weighted by Gasteiger charge is -2.44. The van der Waals surface area contributed by atoms with Crippen LogP contribution in [0.3, 0.4) is 0 Å². The topological polar surface area (TPSA) is 15.3 Å². The third kappa shape index (κ3) is 3.48. The first-order valence-electron chi connectivity index (χ1n) is 8.41. The lowest BCUT2D eigenvalue weighted by atomic mass is 9.78. The maximum atomic E-state index is 3.63. The van der Waals surface area contributed by atoms with Gasteiger partial charge in [0.15, 0.2) is 0 Å². The highest BCUT2D eigenvalue weighted by Crippen LogP contribution is 2.35. The predicted octanol–water partition coefficient (Wildman–Crippen LogP) is 3.17. The van der Waals surface area contributed by atoms with Gasteiger partial charge in [0.2, 0.25) is 0 Å². The van der Waals surface area contributed by atoms with Crippen molar-refractivity contribution >= 4 is 0 Å². The first-order valence-corrected chi connectivity index (χ1v) is 8.41. The van der Waals surface area contributed by atoms with Crippen LogP contribution in [0.2, 0.25) is 0 Å². The maximum absolute atomic E-state index is 3.63. The molecular formula is C16H30N2. The van der Waals surface area contributed by atoms with Crippen LogP contribution in [0.1, 0.15) is 64.2 Å². The van der Waals surface area contributed by atoms with E-state index in [0.717, 1.165) is 18.0 Å². The van der Waals surface area contributed by atoms with Gasteiger partial charge in [0.25, 0.3) is 0 Å². The molecule has 0 aromatic rings. The zero-order valence-electron chi connectivity index (χ0n) is 11.9. The first kappa shape index (κ1) is 12.9. The molecule has 2 aliphatic carbocycles. The molecule has 2 nitrogen and oxygen atoms in total. The fourth-order valence-electron chi connectivity index (χ4n) is 4.04. The van der Waals surface area contributed by atoms with Gasteiger partial charge >= 0.3 is 0 Å². The van der Waals surface area contributed by atoms with Gasteiger partial charge in [0, 0.05) is 12.1 Å². The SMILES string of the molecule is C(CCN1CCCC2CCCCC21)CNC1CC1. The smallest absolute Gasteiger partial charge is 0.0123 e. The van der Waals surface area contributed by atoms with Crippen molar-refractivity contribution < 1.29 is 0 Å². The number of likely N-dealkylation sites (tertiary alicyclic amines) is 1. The highest BCUT2D eigenvalue weighted by atomic mass is 15.2. The van der Waals surface area contributed by atoms with Crippen LogP contribution in [-0.2, 0) is 0 Å². The van der Waals surface area contributed by atoms with E-state index in [0.29, 0.717) is 0 Å².